The second kappa shape index (κ2) is 8.17. The topological polar surface area (TPSA) is 34.6 Å². The van der Waals surface area contributed by atoms with Gasteiger partial charge in [-0.25, -0.2) is 4.98 Å². The molecule has 0 bridgehead atoms. The Labute approximate surface area is 160 Å². The third-order valence-corrected chi connectivity index (χ3v) is 6.28. The first-order valence-corrected chi connectivity index (χ1v) is 10.6. The summed E-state index contributed by atoms with van der Waals surface area (Å²) in [5, 5.41) is 3.32. The fourth-order valence-corrected chi connectivity index (χ4v) is 4.67. The quantitative estimate of drug-likeness (QED) is 0.773. The predicted molar refractivity (Wildman–Crippen MR) is 105 cm³/mol. The summed E-state index contributed by atoms with van der Waals surface area (Å²) in [7, 11) is 0. The number of hydrogen-bond acceptors (Lipinski definition) is 5. The Hall–Kier alpha value is -1.27. The van der Waals surface area contributed by atoms with Crippen LogP contribution in [0.2, 0.25) is 0 Å². The highest BCUT2D eigenvalue weighted by Crippen LogP contribution is 2.28. The smallest absolute Gasteiger partial charge is 0.161 e. The summed E-state index contributed by atoms with van der Waals surface area (Å²) >= 11 is 1.74. The number of likely N-dealkylation sites (tertiary alicyclic amines) is 1. The Balaban J connectivity index is 1.38. The van der Waals surface area contributed by atoms with Crippen molar-refractivity contribution in [1.29, 1.82) is 0 Å². The molecular formula is C21H28N2O2S. The van der Waals surface area contributed by atoms with E-state index in [1.54, 1.807) is 11.3 Å². The largest absolute Gasteiger partial charge is 0.350 e. The average molecular weight is 373 g/mol. The van der Waals surface area contributed by atoms with E-state index >= 15 is 0 Å². The van der Waals surface area contributed by atoms with Gasteiger partial charge >= 0.3 is 0 Å². The van der Waals surface area contributed by atoms with E-state index in [-0.39, 0.29) is 6.29 Å². The molecule has 1 atom stereocenters. The van der Waals surface area contributed by atoms with E-state index in [0.717, 1.165) is 37.9 Å². The minimum Gasteiger partial charge on any atom is -0.350 e. The van der Waals surface area contributed by atoms with Gasteiger partial charge in [0, 0.05) is 30.0 Å². The Kier molecular flexibility index (Phi) is 5.69. The van der Waals surface area contributed by atoms with Gasteiger partial charge in [0.25, 0.3) is 0 Å². The van der Waals surface area contributed by atoms with Gasteiger partial charge < -0.3 is 9.47 Å². The fraction of sp³-hybridized carbons (Fsp3) is 0.571. The van der Waals surface area contributed by atoms with E-state index in [2.05, 4.69) is 48.4 Å². The van der Waals surface area contributed by atoms with Gasteiger partial charge in [0.1, 0.15) is 5.01 Å². The molecule has 0 spiro atoms. The van der Waals surface area contributed by atoms with Gasteiger partial charge in [-0.3, -0.25) is 4.90 Å². The zero-order chi connectivity index (χ0) is 17.9. The summed E-state index contributed by atoms with van der Waals surface area (Å²) in [6.45, 7) is 9.04. The number of ether oxygens (including phenoxy) is 2. The van der Waals surface area contributed by atoms with Crippen LogP contribution in [0.5, 0.6) is 0 Å². The van der Waals surface area contributed by atoms with Crippen LogP contribution in [0.3, 0.4) is 0 Å². The normalized spacial score (nSPS) is 22.3. The summed E-state index contributed by atoms with van der Waals surface area (Å²) in [5.41, 5.74) is 3.77. The highest BCUT2D eigenvalue weighted by Gasteiger charge is 2.31. The number of piperidine rings is 1. The van der Waals surface area contributed by atoms with E-state index < -0.39 is 0 Å². The van der Waals surface area contributed by atoms with Gasteiger partial charge in [0.15, 0.2) is 6.29 Å². The second-order valence-corrected chi connectivity index (χ2v) is 8.53. The SMILES string of the molecule is CC(C)c1ccc(-c2nc(CN3CCCC(C4OCCO4)C3)cs2)cc1. The first-order chi connectivity index (χ1) is 12.7. The monoisotopic (exact) mass is 372 g/mol. The number of thiazole rings is 1. The number of rotatable bonds is 5. The van der Waals surface area contributed by atoms with Crippen LogP contribution >= 0.6 is 11.3 Å². The molecule has 4 rings (SSSR count). The van der Waals surface area contributed by atoms with Crippen molar-refractivity contribution in [1.82, 2.24) is 9.88 Å². The average Bonchev–Trinajstić information content (AvgIpc) is 3.34. The third-order valence-electron chi connectivity index (χ3n) is 5.34. The van der Waals surface area contributed by atoms with Gasteiger partial charge in [-0.1, -0.05) is 38.1 Å². The Morgan fingerprint density at radius 3 is 2.69 bits per heavy atom. The molecule has 5 heteroatoms. The second-order valence-electron chi connectivity index (χ2n) is 7.67. The summed E-state index contributed by atoms with van der Waals surface area (Å²) in [5.74, 6) is 1.06. The molecule has 1 aromatic heterocycles. The van der Waals surface area contributed by atoms with Gasteiger partial charge in [0.05, 0.1) is 18.9 Å². The number of nitrogens with zero attached hydrogens (tertiary/aromatic N) is 2. The van der Waals surface area contributed by atoms with Crippen LogP contribution in [0, 0.1) is 5.92 Å². The molecule has 2 aliphatic rings. The van der Waals surface area contributed by atoms with E-state index in [0.29, 0.717) is 11.8 Å². The summed E-state index contributed by atoms with van der Waals surface area (Å²) in [6.07, 6.45) is 2.41. The van der Waals surface area contributed by atoms with Gasteiger partial charge in [-0.05, 0) is 30.9 Å². The lowest BCUT2D eigenvalue weighted by molar-refractivity contribution is -0.101. The number of hydrogen-bond donors (Lipinski definition) is 0. The molecule has 26 heavy (non-hydrogen) atoms. The molecular weight excluding hydrogens is 344 g/mol. The maximum absolute atomic E-state index is 5.72. The fourth-order valence-electron chi connectivity index (χ4n) is 3.86. The predicted octanol–water partition coefficient (Wildman–Crippen LogP) is 4.52. The van der Waals surface area contributed by atoms with E-state index in [9.17, 15) is 0 Å². The minimum atomic E-state index is 0.00302. The zero-order valence-electron chi connectivity index (χ0n) is 15.7. The number of benzene rings is 1. The molecule has 4 nitrogen and oxygen atoms in total. The molecule has 0 amide bonds. The van der Waals surface area contributed by atoms with E-state index in [1.165, 1.54) is 29.7 Å². The van der Waals surface area contributed by atoms with Crippen LogP contribution < -0.4 is 0 Å². The van der Waals surface area contributed by atoms with Crippen molar-refractivity contribution in [3.8, 4) is 10.6 Å². The molecule has 2 aromatic rings. The standard InChI is InChI=1S/C21H28N2O2S/c1-15(2)16-5-7-17(8-6-16)20-22-19(14-26-20)13-23-9-3-4-18(12-23)21-24-10-11-25-21/h5-8,14-15,18,21H,3-4,9-13H2,1-2H3. The molecule has 0 aliphatic carbocycles. The maximum atomic E-state index is 5.72. The molecule has 2 fully saturated rings. The summed E-state index contributed by atoms with van der Waals surface area (Å²) in [4.78, 5) is 7.39. The molecule has 3 heterocycles. The Bertz CT molecular complexity index is 707. The van der Waals surface area contributed by atoms with Crippen molar-refractivity contribution >= 4 is 11.3 Å². The highest BCUT2D eigenvalue weighted by atomic mass is 32.1. The Morgan fingerprint density at radius 2 is 1.96 bits per heavy atom. The van der Waals surface area contributed by atoms with Crippen molar-refractivity contribution in [2.24, 2.45) is 5.92 Å². The lowest BCUT2D eigenvalue weighted by Crippen LogP contribution is -2.40. The van der Waals surface area contributed by atoms with Crippen molar-refractivity contribution < 1.29 is 9.47 Å². The first kappa shape index (κ1) is 18.1. The van der Waals surface area contributed by atoms with Crippen LogP contribution in [-0.2, 0) is 16.0 Å². The highest BCUT2D eigenvalue weighted by molar-refractivity contribution is 7.13. The van der Waals surface area contributed by atoms with Crippen molar-refractivity contribution in [2.45, 2.75) is 45.4 Å². The summed E-state index contributed by atoms with van der Waals surface area (Å²) < 4.78 is 11.4. The van der Waals surface area contributed by atoms with Gasteiger partial charge in [-0.2, -0.15) is 0 Å². The minimum absolute atomic E-state index is 0.00302. The van der Waals surface area contributed by atoms with Gasteiger partial charge in [-0.15, -0.1) is 11.3 Å². The van der Waals surface area contributed by atoms with E-state index in [1.807, 2.05) is 0 Å². The number of aromatic nitrogens is 1. The van der Waals surface area contributed by atoms with Crippen LogP contribution in [0.1, 0.15) is 43.9 Å². The van der Waals surface area contributed by atoms with Gasteiger partial charge in [0.2, 0.25) is 0 Å². The molecule has 140 valence electrons. The van der Waals surface area contributed by atoms with Crippen LogP contribution in [0.15, 0.2) is 29.6 Å². The van der Waals surface area contributed by atoms with Crippen LogP contribution in [0.4, 0.5) is 0 Å². The van der Waals surface area contributed by atoms with Crippen molar-refractivity contribution in [2.75, 3.05) is 26.3 Å². The molecule has 0 radical (unpaired) electrons. The lowest BCUT2D eigenvalue weighted by atomic mass is 9.97. The maximum Gasteiger partial charge on any atom is 0.161 e. The molecule has 0 saturated carbocycles. The lowest BCUT2D eigenvalue weighted by Gasteiger charge is -2.34. The molecule has 2 aliphatic heterocycles. The van der Waals surface area contributed by atoms with Crippen LogP contribution in [-0.4, -0.2) is 42.5 Å². The molecule has 1 aromatic carbocycles. The zero-order valence-corrected chi connectivity index (χ0v) is 16.5. The van der Waals surface area contributed by atoms with Crippen molar-refractivity contribution in [3.05, 3.63) is 40.9 Å². The molecule has 2 saturated heterocycles. The molecule has 0 N–H and O–H groups in total. The first-order valence-electron chi connectivity index (χ1n) is 9.69. The van der Waals surface area contributed by atoms with Crippen LogP contribution in [0.25, 0.3) is 10.6 Å². The third kappa shape index (κ3) is 4.17. The molecule has 1 unspecified atom stereocenters. The van der Waals surface area contributed by atoms with E-state index in [4.69, 9.17) is 14.5 Å². The van der Waals surface area contributed by atoms with Crippen molar-refractivity contribution in [3.63, 3.8) is 0 Å². The Morgan fingerprint density at radius 1 is 1.19 bits per heavy atom. The summed E-state index contributed by atoms with van der Waals surface area (Å²) in [6, 6.07) is 8.84.